The molecule has 4 rings (SSSR count). The maximum atomic E-state index is 12.9. The van der Waals surface area contributed by atoms with Crippen molar-refractivity contribution in [3.05, 3.63) is 70.0 Å². The number of benzene rings is 2. The van der Waals surface area contributed by atoms with Gasteiger partial charge in [0.2, 0.25) is 0 Å². The van der Waals surface area contributed by atoms with Gasteiger partial charge in [-0.25, -0.2) is 0 Å². The van der Waals surface area contributed by atoms with Gasteiger partial charge in [0, 0.05) is 41.7 Å². The number of aryl methyl sites for hydroxylation is 1. The Bertz CT molecular complexity index is 941. The predicted molar refractivity (Wildman–Crippen MR) is 101 cm³/mol. The SMILES string of the molecule is Cc1ccc2[nH]c(=O)c(CN3CCOCC3)c(-c3ccccc3)c2c1. The minimum Gasteiger partial charge on any atom is -0.379 e. The molecule has 0 amide bonds. The summed E-state index contributed by atoms with van der Waals surface area (Å²) in [6.45, 7) is 5.91. The topological polar surface area (TPSA) is 45.3 Å². The van der Waals surface area contributed by atoms with Gasteiger partial charge in [-0.2, -0.15) is 0 Å². The second-order valence-corrected chi connectivity index (χ2v) is 6.61. The Kier molecular flexibility index (Phi) is 4.38. The molecule has 0 unspecified atom stereocenters. The average molecular weight is 334 g/mol. The lowest BCUT2D eigenvalue weighted by Gasteiger charge is -2.27. The molecule has 0 saturated carbocycles. The van der Waals surface area contributed by atoms with Crippen molar-refractivity contribution in [3.63, 3.8) is 0 Å². The number of nitrogens with one attached hydrogen (secondary N) is 1. The molecule has 1 aliphatic heterocycles. The third-order valence-corrected chi connectivity index (χ3v) is 4.82. The Morgan fingerprint density at radius 2 is 1.84 bits per heavy atom. The van der Waals surface area contributed by atoms with E-state index in [-0.39, 0.29) is 5.56 Å². The van der Waals surface area contributed by atoms with Crippen LogP contribution in [0.15, 0.2) is 53.3 Å². The van der Waals surface area contributed by atoms with Gasteiger partial charge in [0.05, 0.1) is 13.2 Å². The predicted octanol–water partition coefficient (Wildman–Crippen LogP) is 3.34. The Labute approximate surface area is 147 Å². The number of hydrogen-bond acceptors (Lipinski definition) is 3. The van der Waals surface area contributed by atoms with Crippen LogP contribution >= 0.6 is 0 Å². The standard InChI is InChI=1S/C21H22N2O2/c1-15-7-8-19-17(13-15)20(16-5-3-2-4-6-16)18(21(24)22-19)14-23-9-11-25-12-10-23/h2-8,13H,9-12,14H2,1H3,(H,22,24). The van der Waals surface area contributed by atoms with Crippen molar-refractivity contribution >= 4 is 10.9 Å². The second-order valence-electron chi connectivity index (χ2n) is 6.61. The van der Waals surface area contributed by atoms with Crippen LogP contribution in [0.2, 0.25) is 0 Å². The quantitative estimate of drug-likeness (QED) is 0.799. The summed E-state index contributed by atoms with van der Waals surface area (Å²) in [5.74, 6) is 0. The number of hydrogen-bond donors (Lipinski definition) is 1. The number of rotatable bonds is 3. The Hall–Kier alpha value is -2.43. The van der Waals surface area contributed by atoms with Crippen molar-refractivity contribution in [1.29, 1.82) is 0 Å². The van der Waals surface area contributed by atoms with E-state index in [1.807, 2.05) is 30.3 Å². The first-order chi connectivity index (χ1) is 12.2. The summed E-state index contributed by atoms with van der Waals surface area (Å²) in [5.41, 5.74) is 5.06. The molecule has 2 aromatic carbocycles. The van der Waals surface area contributed by atoms with Gasteiger partial charge in [-0.15, -0.1) is 0 Å². The van der Waals surface area contributed by atoms with Crippen molar-refractivity contribution in [2.24, 2.45) is 0 Å². The molecule has 25 heavy (non-hydrogen) atoms. The van der Waals surface area contributed by atoms with Crippen LogP contribution in [0.3, 0.4) is 0 Å². The minimum absolute atomic E-state index is 0.00157. The summed E-state index contributed by atoms with van der Waals surface area (Å²) in [4.78, 5) is 18.2. The van der Waals surface area contributed by atoms with E-state index in [1.54, 1.807) is 0 Å². The van der Waals surface area contributed by atoms with Gasteiger partial charge >= 0.3 is 0 Å². The van der Waals surface area contributed by atoms with E-state index in [1.165, 1.54) is 5.56 Å². The second kappa shape index (κ2) is 6.82. The first-order valence-corrected chi connectivity index (χ1v) is 8.73. The lowest BCUT2D eigenvalue weighted by Crippen LogP contribution is -2.37. The van der Waals surface area contributed by atoms with Gasteiger partial charge in [0.1, 0.15) is 0 Å². The van der Waals surface area contributed by atoms with Crippen molar-refractivity contribution < 1.29 is 4.74 Å². The van der Waals surface area contributed by atoms with Gasteiger partial charge < -0.3 is 9.72 Å². The first-order valence-electron chi connectivity index (χ1n) is 8.73. The van der Waals surface area contributed by atoms with Crippen LogP contribution in [0.1, 0.15) is 11.1 Å². The highest BCUT2D eigenvalue weighted by Crippen LogP contribution is 2.30. The molecule has 1 aromatic heterocycles. The van der Waals surface area contributed by atoms with E-state index in [0.717, 1.165) is 53.9 Å². The Balaban J connectivity index is 1.93. The van der Waals surface area contributed by atoms with E-state index in [9.17, 15) is 4.79 Å². The molecule has 3 aromatic rings. The zero-order chi connectivity index (χ0) is 17.2. The third kappa shape index (κ3) is 3.23. The number of H-pyrrole nitrogens is 1. The number of nitrogens with zero attached hydrogens (tertiary/aromatic N) is 1. The molecule has 0 atom stereocenters. The summed E-state index contributed by atoms with van der Waals surface area (Å²) < 4.78 is 5.44. The highest BCUT2D eigenvalue weighted by atomic mass is 16.5. The van der Waals surface area contributed by atoms with E-state index in [2.05, 4.69) is 35.0 Å². The number of morpholine rings is 1. The van der Waals surface area contributed by atoms with Gasteiger partial charge in [-0.3, -0.25) is 9.69 Å². The van der Waals surface area contributed by atoms with E-state index in [0.29, 0.717) is 6.54 Å². The molecular formula is C21H22N2O2. The summed E-state index contributed by atoms with van der Waals surface area (Å²) in [6.07, 6.45) is 0. The van der Waals surface area contributed by atoms with E-state index in [4.69, 9.17) is 4.74 Å². The van der Waals surface area contributed by atoms with Crippen LogP contribution in [-0.4, -0.2) is 36.2 Å². The molecule has 2 heterocycles. The van der Waals surface area contributed by atoms with Crippen molar-refractivity contribution in [2.75, 3.05) is 26.3 Å². The number of fused-ring (bicyclic) bond motifs is 1. The molecule has 1 N–H and O–H groups in total. The summed E-state index contributed by atoms with van der Waals surface area (Å²) in [5, 5.41) is 1.11. The fourth-order valence-corrected chi connectivity index (χ4v) is 3.52. The van der Waals surface area contributed by atoms with Gasteiger partial charge in [-0.1, -0.05) is 42.0 Å². The van der Waals surface area contributed by atoms with E-state index < -0.39 is 0 Å². The molecule has 0 spiro atoms. The highest BCUT2D eigenvalue weighted by Gasteiger charge is 2.19. The maximum absolute atomic E-state index is 12.9. The largest absolute Gasteiger partial charge is 0.379 e. The van der Waals surface area contributed by atoms with Gasteiger partial charge in [0.15, 0.2) is 0 Å². The monoisotopic (exact) mass is 334 g/mol. The Morgan fingerprint density at radius 3 is 2.60 bits per heavy atom. The fourth-order valence-electron chi connectivity index (χ4n) is 3.52. The summed E-state index contributed by atoms with van der Waals surface area (Å²) >= 11 is 0. The van der Waals surface area contributed by atoms with Crippen molar-refractivity contribution in [2.45, 2.75) is 13.5 Å². The summed E-state index contributed by atoms with van der Waals surface area (Å²) in [6, 6.07) is 16.4. The van der Waals surface area contributed by atoms with Crippen LogP contribution < -0.4 is 5.56 Å². The molecule has 4 heteroatoms. The maximum Gasteiger partial charge on any atom is 0.253 e. The first kappa shape index (κ1) is 16.1. The molecule has 128 valence electrons. The van der Waals surface area contributed by atoms with Crippen LogP contribution in [-0.2, 0) is 11.3 Å². The fraction of sp³-hybridized carbons (Fsp3) is 0.286. The molecule has 4 nitrogen and oxygen atoms in total. The molecule has 0 radical (unpaired) electrons. The molecule has 0 bridgehead atoms. The highest BCUT2D eigenvalue weighted by molar-refractivity contribution is 5.96. The third-order valence-electron chi connectivity index (χ3n) is 4.82. The normalized spacial score (nSPS) is 15.6. The number of aromatic amines is 1. The zero-order valence-electron chi connectivity index (χ0n) is 14.4. The molecule has 1 fully saturated rings. The number of pyridine rings is 1. The van der Waals surface area contributed by atoms with Crippen LogP contribution in [0.5, 0.6) is 0 Å². The van der Waals surface area contributed by atoms with Crippen molar-refractivity contribution in [1.82, 2.24) is 9.88 Å². The van der Waals surface area contributed by atoms with Crippen LogP contribution in [0.25, 0.3) is 22.0 Å². The zero-order valence-corrected chi connectivity index (χ0v) is 14.4. The van der Waals surface area contributed by atoms with Gasteiger partial charge in [0.25, 0.3) is 5.56 Å². The molecular weight excluding hydrogens is 312 g/mol. The minimum atomic E-state index is 0.00157. The smallest absolute Gasteiger partial charge is 0.253 e. The molecule has 0 aliphatic carbocycles. The van der Waals surface area contributed by atoms with Gasteiger partial charge in [-0.05, 0) is 24.6 Å². The number of aromatic nitrogens is 1. The average Bonchev–Trinajstić information content (AvgIpc) is 2.64. The van der Waals surface area contributed by atoms with E-state index >= 15 is 0 Å². The number of ether oxygens (including phenoxy) is 1. The Morgan fingerprint density at radius 1 is 1.08 bits per heavy atom. The molecule has 1 saturated heterocycles. The van der Waals surface area contributed by atoms with Crippen LogP contribution in [0.4, 0.5) is 0 Å². The van der Waals surface area contributed by atoms with Crippen LogP contribution in [0, 0.1) is 6.92 Å². The lowest BCUT2D eigenvalue weighted by molar-refractivity contribution is 0.0341. The summed E-state index contributed by atoms with van der Waals surface area (Å²) in [7, 11) is 0. The molecule has 1 aliphatic rings. The lowest BCUT2D eigenvalue weighted by atomic mass is 9.95. The van der Waals surface area contributed by atoms with Crippen molar-refractivity contribution in [3.8, 4) is 11.1 Å².